The summed E-state index contributed by atoms with van der Waals surface area (Å²) in [7, 11) is 0. The van der Waals surface area contributed by atoms with Gasteiger partial charge in [-0.15, -0.1) is 0 Å². The van der Waals surface area contributed by atoms with Gasteiger partial charge in [0, 0.05) is 50.5 Å². The van der Waals surface area contributed by atoms with E-state index in [1.165, 1.54) is 16.7 Å². The second kappa shape index (κ2) is 7.80. The molecule has 1 N–H and O–H groups in total. The molecule has 0 bridgehead atoms. The molecule has 0 aliphatic carbocycles. The summed E-state index contributed by atoms with van der Waals surface area (Å²) in [5, 5.41) is 3.47. The Hall–Kier alpha value is -3.22. The molecule has 144 valence electrons. The van der Waals surface area contributed by atoms with Gasteiger partial charge in [-0.3, -0.25) is 0 Å². The van der Waals surface area contributed by atoms with Crippen molar-refractivity contribution in [2.75, 3.05) is 41.3 Å². The molecule has 3 aromatic rings. The Bertz CT molecular complexity index is 927. The van der Waals surface area contributed by atoms with Gasteiger partial charge >= 0.3 is 0 Å². The van der Waals surface area contributed by atoms with Gasteiger partial charge < -0.3 is 15.1 Å². The fourth-order valence-electron chi connectivity index (χ4n) is 3.64. The standard InChI is InChI=1S/C21H25N7/c1-15-13-16(2)19(17(3)14-15)25-18-5-8-24-21(26-18)28-11-9-27(10-12-28)20-22-6-4-7-23-20/h4-8,13-14H,9-12H2,1-3H3,(H,24,25,26). The van der Waals surface area contributed by atoms with E-state index in [-0.39, 0.29) is 0 Å². The van der Waals surface area contributed by atoms with Crippen LogP contribution in [-0.4, -0.2) is 46.1 Å². The topological polar surface area (TPSA) is 70.1 Å². The van der Waals surface area contributed by atoms with Crippen LogP contribution in [0.5, 0.6) is 0 Å². The van der Waals surface area contributed by atoms with Gasteiger partial charge in [0.15, 0.2) is 0 Å². The first-order valence-corrected chi connectivity index (χ1v) is 9.55. The summed E-state index contributed by atoms with van der Waals surface area (Å²) in [6.45, 7) is 9.73. The Morgan fingerprint density at radius 3 is 2.00 bits per heavy atom. The van der Waals surface area contributed by atoms with Gasteiger partial charge in [0.1, 0.15) is 5.82 Å². The lowest BCUT2D eigenvalue weighted by Crippen LogP contribution is -2.47. The van der Waals surface area contributed by atoms with E-state index in [2.05, 4.69) is 63.0 Å². The van der Waals surface area contributed by atoms with Crippen molar-refractivity contribution in [3.8, 4) is 0 Å². The second-order valence-electron chi connectivity index (χ2n) is 7.16. The van der Waals surface area contributed by atoms with E-state index >= 15 is 0 Å². The molecule has 1 fully saturated rings. The Morgan fingerprint density at radius 1 is 0.786 bits per heavy atom. The zero-order chi connectivity index (χ0) is 19.5. The van der Waals surface area contributed by atoms with Gasteiger partial charge in [0.2, 0.25) is 11.9 Å². The second-order valence-corrected chi connectivity index (χ2v) is 7.16. The maximum atomic E-state index is 4.75. The van der Waals surface area contributed by atoms with Gasteiger partial charge in [-0.05, 0) is 44.0 Å². The third-order valence-electron chi connectivity index (χ3n) is 4.97. The average molecular weight is 375 g/mol. The highest BCUT2D eigenvalue weighted by atomic mass is 15.4. The summed E-state index contributed by atoms with van der Waals surface area (Å²) in [6.07, 6.45) is 5.38. The molecule has 1 saturated heterocycles. The number of nitrogens with one attached hydrogen (secondary N) is 1. The molecule has 0 radical (unpaired) electrons. The zero-order valence-electron chi connectivity index (χ0n) is 16.6. The summed E-state index contributed by atoms with van der Waals surface area (Å²) < 4.78 is 0. The minimum atomic E-state index is 0.751. The van der Waals surface area contributed by atoms with Crippen LogP contribution in [0.1, 0.15) is 16.7 Å². The fourth-order valence-corrected chi connectivity index (χ4v) is 3.64. The lowest BCUT2D eigenvalue weighted by Gasteiger charge is -2.34. The highest BCUT2D eigenvalue weighted by molar-refractivity contribution is 5.65. The summed E-state index contributed by atoms with van der Waals surface area (Å²) in [5.41, 5.74) is 4.81. The number of piperazine rings is 1. The molecule has 0 atom stereocenters. The van der Waals surface area contributed by atoms with Gasteiger partial charge in [-0.25, -0.2) is 15.0 Å². The van der Waals surface area contributed by atoms with Crippen molar-refractivity contribution in [1.29, 1.82) is 0 Å². The van der Waals surface area contributed by atoms with Crippen LogP contribution in [0, 0.1) is 20.8 Å². The molecule has 2 aromatic heterocycles. The van der Waals surface area contributed by atoms with E-state index in [1.54, 1.807) is 12.4 Å². The molecule has 0 saturated carbocycles. The molecule has 7 nitrogen and oxygen atoms in total. The number of anilines is 4. The minimum absolute atomic E-state index is 0.751. The number of benzene rings is 1. The maximum absolute atomic E-state index is 4.75. The smallest absolute Gasteiger partial charge is 0.227 e. The molecule has 1 aromatic carbocycles. The third kappa shape index (κ3) is 3.88. The van der Waals surface area contributed by atoms with E-state index in [1.807, 2.05) is 18.3 Å². The molecule has 3 heterocycles. The van der Waals surface area contributed by atoms with E-state index in [0.29, 0.717) is 0 Å². The van der Waals surface area contributed by atoms with Crippen molar-refractivity contribution in [3.05, 3.63) is 59.5 Å². The monoisotopic (exact) mass is 375 g/mol. The molecule has 0 spiro atoms. The van der Waals surface area contributed by atoms with Gasteiger partial charge in [-0.2, -0.15) is 4.98 Å². The number of aryl methyl sites for hydroxylation is 3. The van der Waals surface area contributed by atoms with Gasteiger partial charge in [0.05, 0.1) is 0 Å². The van der Waals surface area contributed by atoms with Gasteiger partial charge in [0.25, 0.3) is 0 Å². The Balaban J connectivity index is 1.46. The van der Waals surface area contributed by atoms with Crippen LogP contribution in [0.15, 0.2) is 42.9 Å². The fraction of sp³-hybridized carbons (Fsp3) is 0.333. The largest absolute Gasteiger partial charge is 0.340 e. The quantitative estimate of drug-likeness (QED) is 0.750. The third-order valence-corrected chi connectivity index (χ3v) is 4.97. The normalized spacial score (nSPS) is 14.2. The molecule has 0 amide bonds. The van der Waals surface area contributed by atoms with E-state index < -0.39 is 0 Å². The number of hydrogen-bond acceptors (Lipinski definition) is 7. The van der Waals surface area contributed by atoms with Crippen molar-refractivity contribution in [2.45, 2.75) is 20.8 Å². The number of aromatic nitrogens is 4. The SMILES string of the molecule is Cc1cc(C)c(Nc2ccnc(N3CCN(c4ncccn4)CC3)n2)c(C)c1. The number of nitrogens with zero attached hydrogens (tertiary/aromatic N) is 6. The zero-order valence-corrected chi connectivity index (χ0v) is 16.6. The number of hydrogen-bond donors (Lipinski definition) is 1. The first-order chi connectivity index (χ1) is 13.6. The summed E-state index contributed by atoms with van der Waals surface area (Å²) in [6, 6.07) is 8.12. The summed E-state index contributed by atoms with van der Waals surface area (Å²) in [5.74, 6) is 2.35. The maximum Gasteiger partial charge on any atom is 0.227 e. The molecule has 0 unspecified atom stereocenters. The Kier molecular flexibility index (Phi) is 5.06. The van der Waals surface area contributed by atoms with Crippen LogP contribution in [0.2, 0.25) is 0 Å². The Labute approximate surface area is 165 Å². The van der Waals surface area contributed by atoms with Crippen LogP contribution in [0.3, 0.4) is 0 Å². The van der Waals surface area contributed by atoms with Crippen LogP contribution in [-0.2, 0) is 0 Å². The van der Waals surface area contributed by atoms with E-state index in [0.717, 1.165) is 49.6 Å². The van der Waals surface area contributed by atoms with E-state index in [9.17, 15) is 0 Å². The predicted octanol–water partition coefficient (Wildman–Crippen LogP) is 3.26. The molecular weight excluding hydrogens is 350 g/mol. The van der Waals surface area contributed by atoms with Crippen LogP contribution in [0.4, 0.5) is 23.4 Å². The average Bonchev–Trinajstić information content (AvgIpc) is 2.72. The molecule has 28 heavy (non-hydrogen) atoms. The summed E-state index contributed by atoms with van der Waals surface area (Å²) >= 11 is 0. The first kappa shape index (κ1) is 18.2. The van der Waals surface area contributed by atoms with E-state index in [4.69, 9.17) is 4.98 Å². The van der Waals surface area contributed by atoms with Crippen molar-refractivity contribution in [3.63, 3.8) is 0 Å². The van der Waals surface area contributed by atoms with Crippen molar-refractivity contribution < 1.29 is 0 Å². The minimum Gasteiger partial charge on any atom is -0.340 e. The van der Waals surface area contributed by atoms with Crippen LogP contribution < -0.4 is 15.1 Å². The van der Waals surface area contributed by atoms with Crippen molar-refractivity contribution in [1.82, 2.24) is 19.9 Å². The first-order valence-electron chi connectivity index (χ1n) is 9.55. The van der Waals surface area contributed by atoms with Crippen LogP contribution >= 0.6 is 0 Å². The lowest BCUT2D eigenvalue weighted by atomic mass is 10.1. The molecular formula is C21H25N7. The number of rotatable bonds is 4. The molecule has 4 rings (SSSR count). The van der Waals surface area contributed by atoms with Crippen molar-refractivity contribution >= 4 is 23.4 Å². The lowest BCUT2D eigenvalue weighted by molar-refractivity contribution is 0.628. The molecule has 1 aliphatic heterocycles. The highest BCUT2D eigenvalue weighted by Gasteiger charge is 2.20. The van der Waals surface area contributed by atoms with Crippen LogP contribution in [0.25, 0.3) is 0 Å². The summed E-state index contributed by atoms with van der Waals surface area (Å²) in [4.78, 5) is 22.3. The molecule has 1 aliphatic rings. The van der Waals surface area contributed by atoms with Crippen molar-refractivity contribution in [2.24, 2.45) is 0 Å². The predicted molar refractivity (Wildman–Crippen MR) is 112 cm³/mol. The highest BCUT2D eigenvalue weighted by Crippen LogP contribution is 2.26. The Morgan fingerprint density at radius 2 is 1.36 bits per heavy atom. The molecule has 7 heteroatoms. The van der Waals surface area contributed by atoms with Gasteiger partial charge in [-0.1, -0.05) is 17.7 Å².